The van der Waals surface area contributed by atoms with Crippen molar-refractivity contribution in [3.8, 4) is 0 Å². The van der Waals surface area contributed by atoms with E-state index >= 15 is 0 Å². The van der Waals surface area contributed by atoms with Crippen LogP contribution in [0.1, 0.15) is 83.1 Å². The van der Waals surface area contributed by atoms with Crippen molar-refractivity contribution in [3.63, 3.8) is 0 Å². The average molecular weight is 517 g/mol. The zero-order chi connectivity index (χ0) is 23.5. The van der Waals surface area contributed by atoms with Crippen molar-refractivity contribution in [1.82, 2.24) is 0 Å². The van der Waals surface area contributed by atoms with Gasteiger partial charge in [-0.1, -0.05) is 156 Å². The smallest absolute Gasteiger partial charge is 0.0372 e. The molecule has 1 saturated heterocycles. The lowest BCUT2D eigenvalue weighted by Crippen LogP contribution is -3.05. The van der Waals surface area contributed by atoms with E-state index in [4.69, 9.17) is 0 Å². The highest BCUT2D eigenvalue weighted by Crippen LogP contribution is 2.64. The first-order chi connectivity index (χ1) is 14.2. The molecule has 180 valence electrons. The summed E-state index contributed by atoms with van der Waals surface area (Å²) in [7, 11) is -7.38. The van der Waals surface area contributed by atoms with Gasteiger partial charge in [0, 0.05) is 42.7 Å². The molecule has 0 radical (unpaired) electrons. The van der Waals surface area contributed by atoms with Crippen LogP contribution in [-0.2, 0) is 0 Å². The second-order valence-corrected chi connectivity index (χ2v) is 75.7. The second kappa shape index (κ2) is 10.7. The van der Waals surface area contributed by atoms with Crippen LogP contribution in [0.2, 0.25) is 72.5 Å². The van der Waals surface area contributed by atoms with Gasteiger partial charge >= 0.3 is 0 Å². The highest BCUT2D eigenvalue weighted by Gasteiger charge is 2.84. The summed E-state index contributed by atoms with van der Waals surface area (Å²) in [6.45, 7) is 33.1. The van der Waals surface area contributed by atoms with Crippen LogP contribution < -0.4 is 0 Å². The molecule has 0 atom stereocenters. The van der Waals surface area contributed by atoms with E-state index in [9.17, 15) is 0 Å². The van der Waals surface area contributed by atoms with E-state index < -0.39 is 42.7 Å². The first kappa shape index (κ1) is 29.3. The molecular formula is C24H60Si6. The van der Waals surface area contributed by atoms with Crippen LogP contribution in [0.5, 0.6) is 0 Å². The Hall–Kier alpha value is 1.30. The van der Waals surface area contributed by atoms with Crippen LogP contribution in [0, 0.1) is 0 Å². The molecule has 0 saturated carbocycles. The van der Waals surface area contributed by atoms with Gasteiger partial charge in [0.1, 0.15) is 0 Å². The Morgan fingerprint density at radius 1 is 0.200 bits per heavy atom. The van der Waals surface area contributed by atoms with Gasteiger partial charge < -0.3 is 0 Å². The molecule has 1 heterocycles. The van der Waals surface area contributed by atoms with Crippen molar-refractivity contribution in [2.45, 2.75) is 156 Å². The zero-order valence-corrected chi connectivity index (χ0v) is 29.5. The fourth-order valence-corrected chi connectivity index (χ4v) is 288. The minimum Gasteiger partial charge on any atom is -0.0682 e. The van der Waals surface area contributed by atoms with Crippen LogP contribution in [0.3, 0.4) is 0 Å². The van der Waals surface area contributed by atoms with E-state index in [-0.39, 0.29) is 0 Å². The van der Waals surface area contributed by atoms with Gasteiger partial charge in [0.2, 0.25) is 0 Å². The van der Waals surface area contributed by atoms with E-state index in [1.165, 1.54) is 0 Å². The monoisotopic (exact) mass is 516 g/mol. The van der Waals surface area contributed by atoms with Crippen LogP contribution in [0.25, 0.3) is 0 Å². The molecular weight excluding hydrogens is 457 g/mol. The molecule has 0 amide bonds. The molecule has 0 bridgehead atoms. The summed E-state index contributed by atoms with van der Waals surface area (Å²) in [6.07, 6.45) is 0. The normalized spacial score (nSPS) is 25.2. The van der Waals surface area contributed by atoms with Crippen molar-refractivity contribution >= 4 is 42.7 Å². The minimum atomic E-state index is -1.23. The maximum absolute atomic E-state index is 2.76. The van der Waals surface area contributed by atoms with Crippen molar-refractivity contribution in [1.29, 1.82) is 0 Å². The third kappa shape index (κ3) is 2.82. The summed E-state index contributed by atoms with van der Waals surface area (Å²) < 4.78 is 0. The van der Waals surface area contributed by atoms with E-state index in [2.05, 4.69) is 83.1 Å². The number of hydrogen-bond acceptors (Lipinski definition) is 0. The standard InChI is InChI=1S/C24H60Si6/c1-13-25(14-2)26(15-3,16-4)28(19-7,20-8)30(23-11,24-12)29(21-9,22-10)27(25,17-5)18-6/h13-24H2,1-12H3. The molecule has 1 aliphatic heterocycles. The minimum absolute atomic E-state index is 1.23. The molecule has 0 aromatic carbocycles. The van der Waals surface area contributed by atoms with Gasteiger partial charge in [0.05, 0.1) is 0 Å². The number of rotatable bonds is 12. The SMILES string of the molecule is CC[Si]1(CC)[Si](CC)(CC)[Si](CC)(CC)[Si](CC)(CC)[Si](CC)(CC)[Si]1(CC)CC. The molecule has 0 aromatic heterocycles. The van der Waals surface area contributed by atoms with Gasteiger partial charge in [-0.2, -0.15) is 0 Å². The summed E-state index contributed by atoms with van der Waals surface area (Å²) in [5.41, 5.74) is 0. The maximum atomic E-state index is 2.76. The third-order valence-corrected chi connectivity index (χ3v) is 162. The first-order valence-corrected chi connectivity index (χ1v) is 34.7. The van der Waals surface area contributed by atoms with Crippen molar-refractivity contribution in [2.24, 2.45) is 0 Å². The fourth-order valence-electron chi connectivity index (χ4n) is 12.4. The average Bonchev–Trinajstić information content (AvgIpc) is 2.81. The van der Waals surface area contributed by atoms with Crippen LogP contribution in [-0.4, -0.2) is 42.7 Å². The Bertz CT molecular complexity index is 374. The largest absolute Gasteiger partial charge is 0.0682 e. The lowest BCUT2D eigenvalue weighted by atomic mass is 10.9. The molecule has 0 nitrogen and oxygen atoms in total. The van der Waals surface area contributed by atoms with Crippen molar-refractivity contribution in [2.75, 3.05) is 0 Å². The lowest BCUT2D eigenvalue weighted by molar-refractivity contribution is 1.17. The Morgan fingerprint density at radius 3 is 0.300 bits per heavy atom. The van der Waals surface area contributed by atoms with Gasteiger partial charge in [-0.15, -0.1) is 0 Å². The topological polar surface area (TPSA) is 0 Å². The summed E-state index contributed by atoms with van der Waals surface area (Å²) in [5.74, 6) is 0. The zero-order valence-electron chi connectivity index (χ0n) is 23.5. The molecule has 0 aromatic rings. The second-order valence-electron chi connectivity index (χ2n) is 10.7. The fraction of sp³-hybridized carbons (Fsp3) is 1.00. The Balaban J connectivity index is 4.54. The quantitative estimate of drug-likeness (QED) is 0.226. The van der Waals surface area contributed by atoms with Crippen LogP contribution >= 0.6 is 0 Å². The van der Waals surface area contributed by atoms with Gasteiger partial charge in [-0.25, -0.2) is 0 Å². The number of hydrogen-bond donors (Lipinski definition) is 0. The molecule has 6 heteroatoms. The van der Waals surface area contributed by atoms with E-state index in [0.717, 1.165) is 0 Å². The van der Waals surface area contributed by atoms with Gasteiger partial charge in [-0.05, 0) is 0 Å². The predicted octanol–water partition coefficient (Wildman–Crippen LogP) is 9.40. The van der Waals surface area contributed by atoms with E-state index in [1.807, 2.05) is 0 Å². The highest BCUT2D eigenvalue weighted by atomic mass is 30.2. The van der Waals surface area contributed by atoms with Crippen LogP contribution in [0.4, 0.5) is 0 Å². The van der Waals surface area contributed by atoms with Gasteiger partial charge in [0.15, 0.2) is 0 Å². The van der Waals surface area contributed by atoms with Crippen molar-refractivity contribution < 1.29 is 0 Å². The van der Waals surface area contributed by atoms with E-state index in [1.54, 1.807) is 72.5 Å². The third-order valence-electron chi connectivity index (χ3n) is 12.7. The molecule has 30 heavy (non-hydrogen) atoms. The molecule has 1 rings (SSSR count). The summed E-state index contributed by atoms with van der Waals surface area (Å²) in [5, 5.41) is 0. The summed E-state index contributed by atoms with van der Waals surface area (Å²) >= 11 is 0. The van der Waals surface area contributed by atoms with Gasteiger partial charge in [-0.3, -0.25) is 0 Å². The first-order valence-electron chi connectivity index (χ1n) is 14.2. The summed E-state index contributed by atoms with van der Waals surface area (Å²) in [6, 6.07) is 20.4. The molecule has 0 unspecified atom stereocenters. The van der Waals surface area contributed by atoms with Gasteiger partial charge in [0.25, 0.3) is 0 Å². The summed E-state index contributed by atoms with van der Waals surface area (Å²) in [4.78, 5) is 0. The molecule has 0 spiro atoms. The molecule has 1 aliphatic rings. The Labute approximate surface area is 197 Å². The van der Waals surface area contributed by atoms with Crippen LogP contribution in [0.15, 0.2) is 0 Å². The Morgan fingerprint density at radius 2 is 0.267 bits per heavy atom. The molecule has 0 aliphatic carbocycles. The highest BCUT2D eigenvalue weighted by molar-refractivity contribution is 8.14. The van der Waals surface area contributed by atoms with E-state index in [0.29, 0.717) is 0 Å². The maximum Gasteiger partial charge on any atom is 0.0372 e. The molecule has 0 N–H and O–H groups in total. The van der Waals surface area contributed by atoms with Crippen molar-refractivity contribution in [3.05, 3.63) is 0 Å². The molecule has 1 fully saturated rings. The lowest BCUT2D eigenvalue weighted by Gasteiger charge is -2.80. The Kier molecular flexibility index (Phi) is 10.5. The predicted molar refractivity (Wildman–Crippen MR) is 160 cm³/mol.